The van der Waals surface area contributed by atoms with Crippen molar-refractivity contribution in [2.75, 3.05) is 25.7 Å². The normalized spacial score (nSPS) is 16.5. The van der Waals surface area contributed by atoms with Gasteiger partial charge in [-0.25, -0.2) is 9.88 Å². The minimum atomic E-state index is -3.53. The van der Waals surface area contributed by atoms with E-state index in [1.54, 1.807) is 44.2 Å². The Labute approximate surface area is 248 Å². The number of ether oxygens (including phenoxy) is 2. The molecule has 2 rings (SSSR count). The first-order chi connectivity index (χ1) is 19.4. The number of carbonyl (C=O) groups excluding carboxylic acids is 1. The fourth-order valence-electron chi connectivity index (χ4n) is 3.51. The predicted molar refractivity (Wildman–Crippen MR) is 160 cm³/mol. The number of aliphatic hydroxyl groups is 2. The second-order valence-corrected chi connectivity index (χ2v) is 13.3. The zero-order valence-corrected chi connectivity index (χ0v) is 25.7. The van der Waals surface area contributed by atoms with Crippen molar-refractivity contribution in [1.29, 1.82) is 0 Å². The first kappa shape index (κ1) is 34.7. The van der Waals surface area contributed by atoms with Crippen LogP contribution >= 0.6 is 18.4 Å². The molecule has 0 saturated carbocycles. The quantitative estimate of drug-likeness (QED) is 0.113. The average Bonchev–Trinajstić information content (AvgIpc) is 2.92. The minimum Gasteiger partial charge on any atom is -0.462 e. The first-order valence-electron chi connectivity index (χ1n) is 12.5. The molecule has 0 bridgehead atoms. The van der Waals surface area contributed by atoms with Gasteiger partial charge in [0.1, 0.15) is 24.0 Å². The zero-order chi connectivity index (χ0) is 30.6. The molecule has 0 spiro atoms. The Balaban J connectivity index is 2.32. The van der Waals surface area contributed by atoms with E-state index in [-0.39, 0.29) is 6.10 Å². The molecule has 1 heterocycles. The second kappa shape index (κ2) is 16.2. The Morgan fingerprint density at radius 2 is 1.98 bits per heavy atom. The highest BCUT2D eigenvalue weighted by Gasteiger charge is 2.42. The number of benzene rings is 1. The molecule has 0 aliphatic rings. The molecule has 2 aromatic rings. The molecule has 0 aliphatic carbocycles. The van der Waals surface area contributed by atoms with E-state index >= 15 is 0 Å². The van der Waals surface area contributed by atoms with Crippen LogP contribution in [0.3, 0.4) is 0 Å². The lowest BCUT2D eigenvalue weighted by molar-refractivity contribution is -0.149. The fourth-order valence-corrected chi connectivity index (χ4v) is 6.34. The summed E-state index contributed by atoms with van der Waals surface area (Å²) in [6, 6.07) is 8.80. The average molecular weight is 630 g/mol. The second-order valence-electron chi connectivity index (χ2n) is 9.17. The van der Waals surface area contributed by atoms with Crippen molar-refractivity contribution in [2.24, 2.45) is 0 Å². The lowest BCUT2D eigenvalue weighted by Crippen LogP contribution is -2.54. The Bertz CT molecular complexity index is 1330. The van der Waals surface area contributed by atoms with Crippen LogP contribution in [-0.2, 0) is 37.1 Å². The molecule has 0 fully saturated rings. The van der Waals surface area contributed by atoms with Gasteiger partial charge >= 0.3 is 18.3 Å². The van der Waals surface area contributed by atoms with Crippen molar-refractivity contribution in [1.82, 2.24) is 14.6 Å². The number of hydrogen-bond acceptors (Lipinski definition) is 11. The van der Waals surface area contributed by atoms with E-state index in [1.165, 1.54) is 18.9 Å². The highest BCUT2D eigenvalue weighted by atomic mass is 32.5. The Hall–Kier alpha value is -2.47. The van der Waals surface area contributed by atoms with Gasteiger partial charge in [0.2, 0.25) is 0 Å². The number of rotatable bonds is 17. The van der Waals surface area contributed by atoms with Gasteiger partial charge in [-0.05, 0) is 56.2 Å². The molecule has 4 N–H and O–H groups in total. The lowest BCUT2D eigenvalue weighted by atomic mass is 9.93. The molecule has 0 saturated heterocycles. The highest BCUT2D eigenvalue weighted by molar-refractivity contribution is 8.09. The van der Waals surface area contributed by atoms with Gasteiger partial charge in [0.05, 0.1) is 19.3 Å². The number of nitrogens with zero attached hydrogens (tertiary/aromatic N) is 1. The maximum absolute atomic E-state index is 12.9. The maximum atomic E-state index is 12.9. The fraction of sp³-hybridized carbons (Fsp3) is 0.500. The monoisotopic (exact) mass is 629 g/mol. The van der Waals surface area contributed by atoms with E-state index in [4.69, 9.17) is 36.8 Å². The molecule has 41 heavy (non-hydrogen) atoms. The summed E-state index contributed by atoms with van der Waals surface area (Å²) in [6.45, 7) is -1.05. The van der Waals surface area contributed by atoms with E-state index in [1.807, 2.05) is 6.26 Å². The summed E-state index contributed by atoms with van der Waals surface area (Å²) in [5.74, 6) is 2.56. The number of thioether (sulfide) groups is 1. The van der Waals surface area contributed by atoms with Crippen LogP contribution < -0.4 is 20.9 Å². The van der Waals surface area contributed by atoms with Crippen LogP contribution in [0.4, 0.5) is 0 Å². The number of aromatic amines is 1. The predicted octanol–water partition coefficient (Wildman–Crippen LogP) is 1.26. The Kier molecular flexibility index (Phi) is 13.8. The van der Waals surface area contributed by atoms with Crippen molar-refractivity contribution in [3.63, 3.8) is 0 Å². The van der Waals surface area contributed by atoms with Crippen LogP contribution in [0.15, 0.2) is 52.2 Å². The molecule has 12 nitrogen and oxygen atoms in total. The standard InChI is InChI=1S/C26H36N3O9PS2/c1-6-26(34,17-29-14-12-22(30)27-25(29)33)23(31)21(35-4)16-36-39(40,38-19-10-8-7-9-11-19)28-20(13-15-41-5)24(32)37-18(2)3/h1,7-12,14,18,20-21,23,31,34H,13,15-17H2,2-5H3,(H,28,40)(H,27,30,33)/t20?,21-,23-,26+,39?/m1/s1. The van der Waals surface area contributed by atoms with Gasteiger partial charge in [0, 0.05) is 19.4 Å². The summed E-state index contributed by atoms with van der Waals surface area (Å²) >= 11 is 7.31. The number of aromatic nitrogens is 2. The smallest absolute Gasteiger partial charge is 0.328 e. The van der Waals surface area contributed by atoms with E-state index in [9.17, 15) is 24.6 Å². The van der Waals surface area contributed by atoms with Crippen molar-refractivity contribution < 1.29 is 33.5 Å². The third kappa shape index (κ3) is 10.7. The van der Waals surface area contributed by atoms with Gasteiger partial charge in [0.25, 0.3) is 5.56 Å². The molecule has 2 unspecified atom stereocenters. The molecule has 0 amide bonds. The number of methoxy groups -OCH3 is 1. The third-order valence-electron chi connectivity index (χ3n) is 5.64. The number of nitrogens with one attached hydrogen (secondary N) is 2. The van der Waals surface area contributed by atoms with Crippen LogP contribution in [0.2, 0.25) is 0 Å². The van der Waals surface area contributed by atoms with Gasteiger partial charge < -0.3 is 28.7 Å². The van der Waals surface area contributed by atoms with Crippen LogP contribution in [0.25, 0.3) is 0 Å². The van der Waals surface area contributed by atoms with E-state index in [0.717, 1.165) is 16.8 Å². The number of esters is 1. The summed E-state index contributed by atoms with van der Waals surface area (Å²) in [4.78, 5) is 38.5. The molecule has 5 atom stereocenters. The van der Waals surface area contributed by atoms with E-state index < -0.39 is 60.9 Å². The van der Waals surface area contributed by atoms with Gasteiger partial charge in [-0.1, -0.05) is 24.1 Å². The number of para-hydroxylation sites is 1. The molecule has 15 heteroatoms. The zero-order valence-electron chi connectivity index (χ0n) is 23.2. The summed E-state index contributed by atoms with van der Waals surface area (Å²) in [5.41, 5.74) is -3.78. The molecule has 1 aromatic carbocycles. The number of aliphatic hydroxyl groups excluding tert-OH is 1. The Morgan fingerprint density at radius 1 is 1.29 bits per heavy atom. The summed E-state index contributed by atoms with van der Waals surface area (Å²) in [7, 11) is 1.26. The summed E-state index contributed by atoms with van der Waals surface area (Å²) < 4.78 is 23.8. The molecule has 1 aromatic heterocycles. The molecular weight excluding hydrogens is 593 g/mol. The van der Waals surface area contributed by atoms with Crippen molar-refractivity contribution >= 4 is 36.2 Å². The number of carbonyl (C=O) groups is 1. The van der Waals surface area contributed by atoms with Crippen molar-refractivity contribution in [2.45, 2.75) is 56.8 Å². The van der Waals surface area contributed by atoms with Gasteiger partial charge in [-0.2, -0.15) is 11.8 Å². The summed E-state index contributed by atoms with van der Waals surface area (Å²) in [6.07, 6.45) is 5.55. The maximum Gasteiger partial charge on any atom is 0.328 e. The Morgan fingerprint density at radius 3 is 2.54 bits per heavy atom. The van der Waals surface area contributed by atoms with Gasteiger partial charge in [0.15, 0.2) is 5.60 Å². The number of hydrogen-bond donors (Lipinski definition) is 4. The largest absolute Gasteiger partial charge is 0.462 e. The first-order valence-corrected chi connectivity index (χ1v) is 16.6. The molecule has 0 aliphatic heterocycles. The van der Waals surface area contributed by atoms with Crippen LogP contribution in [-0.4, -0.2) is 81.4 Å². The van der Waals surface area contributed by atoms with E-state index in [0.29, 0.717) is 17.9 Å². The van der Waals surface area contributed by atoms with Crippen LogP contribution in [0.5, 0.6) is 5.75 Å². The topological polar surface area (TPSA) is 161 Å². The van der Waals surface area contributed by atoms with E-state index in [2.05, 4.69) is 16.0 Å². The summed E-state index contributed by atoms with van der Waals surface area (Å²) in [5, 5.41) is 25.2. The van der Waals surface area contributed by atoms with Crippen LogP contribution in [0.1, 0.15) is 20.3 Å². The third-order valence-corrected chi connectivity index (χ3v) is 8.71. The molecule has 226 valence electrons. The minimum absolute atomic E-state index is 0.362. The van der Waals surface area contributed by atoms with Crippen LogP contribution in [0, 0.1) is 12.3 Å². The number of H-pyrrole nitrogens is 1. The number of terminal acetylenes is 1. The lowest BCUT2D eigenvalue weighted by Gasteiger charge is -2.34. The van der Waals surface area contributed by atoms with Gasteiger partial charge in [-0.3, -0.25) is 19.1 Å². The molecule has 0 radical (unpaired) electrons. The van der Waals surface area contributed by atoms with Crippen molar-refractivity contribution in [3.8, 4) is 18.1 Å². The molecular formula is C26H36N3O9PS2. The van der Waals surface area contributed by atoms with Crippen molar-refractivity contribution in [3.05, 3.63) is 63.4 Å². The SMILES string of the molecule is C#C[C@](O)(Cn1ccc(=O)[nH]c1=O)[C@H](O)[C@@H](COP(=S)(NC(CCSC)C(=O)OC(C)C)Oc1ccccc1)OC. The highest BCUT2D eigenvalue weighted by Crippen LogP contribution is 2.46. The van der Waals surface area contributed by atoms with Gasteiger partial charge in [-0.15, -0.1) is 6.42 Å².